The minimum absolute atomic E-state index is 0.0321. The lowest BCUT2D eigenvalue weighted by molar-refractivity contribution is -0.870. The normalized spacial score (nSPS) is 13.2. The number of unbranched alkanes of at least 4 members (excludes halogenated alkanes) is 48. The van der Waals surface area contributed by atoms with Gasteiger partial charge in [0.1, 0.15) is 19.3 Å². The maximum atomic E-state index is 12.8. The predicted octanol–water partition coefficient (Wildman–Crippen LogP) is 20.1. The molecule has 0 aliphatic heterocycles. The number of likely N-dealkylation sites (N-methyl/N-ethyl adjacent to an activating group) is 1. The van der Waals surface area contributed by atoms with Crippen molar-refractivity contribution in [2.45, 2.75) is 347 Å². The third kappa shape index (κ3) is 60.4. The molecule has 0 saturated heterocycles. The van der Waals surface area contributed by atoms with E-state index >= 15 is 0 Å². The van der Waals surface area contributed by atoms with Crippen LogP contribution in [0.3, 0.4) is 0 Å². The van der Waals surface area contributed by atoms with Crippen LogP contribution in [0.15, 0.2) is 0 Å². The van der Waals surface area contributed by atoms with Crippen molar-refractivity contribution in [1.29, 1.82) is 0 Å². The van der Waals surface area contributed by atoms with Gasteiger partial charge in [0.15, 0.2) is 0 Å². The van der Waals surface area contributed by atoms with Gasteiger partial charge < -0.3 is 27.9 Å². The molecule has 0 aliphatic rings. The maximum absolute atomic E-state index is 12.8. The number of nitrogens with zero attached hydrogens (tertiary/aromatic N) is 1. The predicted molar refractivity (Wildman–Crippen MR) is 310 cm³/mol. The lowest BCUT2D eigenvalue weighted by Crippen LogP contribution is -2.37. The monoisotopic (exact) mass is 1040 g/mol. The molecule has 0 aromatic carbocycles. The smallest absolute Gasteiger partial charge is 0.306 e. The molecule has 2 atom stereocenters. The number of phosphoric ester groups is 1. The van der Waals surface area contributed by atoms with Crippen LogP contribution in [0.25, 0.3) is 0 Å². The molecule has 0 aliphatic carbocycles. The van der Waals surface area contributed by atoms with E-state index in [1.807, 2.05) is 21.1 Å². The average Bonchev–Trinajstić information content (AvgIpc) is 3.34. The molecular formula is C63H128NO7P. The van der Waals surface area contributed by atoms with Gasteiger partial charge in [-0.2, -0.15) is 0 Å². The number of phosphoric acid groups is 1. The van der Waals surface area contributed by atoms with Crippen LogP contribution in [-0.4, -0.2) is 70.7 Å². The van der Waals surface area contributed by atoms with Gasteiger partial charge in [0.2, 0.25) is 0 Å². The second-order valence-electron chi connectivity index (χ2n) is 23.5. The van der Waals surface area contributed by atoms with Crippen molar-refractivity contribution in [3.05, 3.63) is 0 Å². The highest BCUT2D eigenvalue weighted by atomic mass is 31.2. The molecule has 0 rings (SSSR count). The van der Waals surface area contributed by atoms with E-state index in [1.54, 1.807) is 0 Å². The van der Waals surface area contributed by atoms with Crippen molar-refractivity contribution >= 4 is 13.8 Å². The van der Waals surface area contributed by atoms with Crippen LogP contribution >= 0.6 is 7.82 Å². The van der Waals surface area contributed by atoms with Crippen LogP contribution in [0.4, 0.5) is 0 Å². The number of rotatable bonds is 62. The second kappa shape index (κ2) is 56.7. The molecular weight excluding hydrogens is 914 g/mol. The lowest BCUT2D eigenvalue weighted by Gasteiger charge is -2.28. The van der Waals surface area contributed by atoms with E-state index in [2.05, 4.69) is 13.8 Å². The molecule has 9 heteroatoms. The van der Waals surface area contributed by atoms with E-state index in [9.17, 15) is 14.3 Å². The molecule has 0 saturated carbocycles. The molecule has 0 bridgehead atoms. The first-order valence-electron chi connectivity index (χ1n) is 32.3. The van der Waals surface area contributed by atoms with Gasteiger partial charge in [-0.15, -0.1) is 0 Å². The van der Waals surface area contributed by atoms with E-state index in [0.717, 1.165) is 32.1 Å². The lowest BCUT2D eigenvalue weighted by atomic mass is 10.0. The zero-order valence-electron chi connectivity index (χ0n) is 49.4. The Labute approximate surface area is 450 Å². The van der Waals surface area contributed by atoms with Crippen molar-refractivity contribution in [2.24, 2.45) is 0 Å². The molecule has 0 aromatic rings. The Hall–Kier alpha value is -0.500. The summed E-state index contributed by atoms with van der Waals surface area (Å²) in [5.74, 6) is -0.321. The van der Waals surface area contributed by atoms with Crippen LogP contribution in [0.1, 0.15) is 341 Å². The fourth-order valence-corrected chi connectivity index (χ4v) is 10.7. The van der Waals surface area contributed by atoms with Crippen LogP contribution in [-0.2, 0) is 27.9 Å². The Morgan fingerprint density at radius 3 is 0.917 bits per heavy atom. The first-order chi connectivity index (χ1) is 35.1. The molecule has 72 heavy (non-hydrogen) atoms. The van der Waals surface area contributed by atoms with E-state index in [0.29, 0.717) is 24.1 Å². The molecule has 0 fully saturated rings. The molecule has 0 heterocycles. The van der Waals surface area contributed by atoms with Gasteiger partial charge in [0, 0.05) is 13.0 Å². The highest BCUT2D eigenvalue weighted by Gasteiger charge is 2.20. The van der Waals surface area contributed by atoms with E-state index in [4.69, 9.17) is 18.5 Å². The van der Waals surface area contributed by atoms with Crippen LogP contribution < -0.4 is 4.89 Å². The van der Waals surface area contributed by atoms with Crippen LogP contribution in [0.5, 0.6) is 0 Å². The zero-order valence-corrected chi connectivity index (χ0v) is 50.3. The number of esters is 1. The summed E-state index contributed by atoms with van der Waals surface area (Å²) in [5.41, 5.74) is 0. The van der Waals surface area contributed by atoms with Crippen LogP contribution in [0, 0.1) is 0 Å². The molecule has 1 unspecified atom stereocenters. The van der Waals surface area contributed by atoms with Crippen LogP contribution in [0.2, 0.25) is 0 Å². The summed E-state index contributed by atoms with van der Waals surface area (Å²) in [6, 6.07) is 0. The molecule has 8 nitrogen and oxygen atoms in total. The van der Waals surface area contributed by atoms with Crippen molar-refractivity contribution in [3.8, 4) is 0 Å². The Bertz CT molecular complexity index is 1120. The minimum atomic E-state index is -4.53. The number of hydrogen-bond acceptors (Lipinski definition) is 7. The highest BCUT2D eigenvalue weighted by Crippen LogP contribution is 2.38. The van der Waals surface area contributed by atoms with Crippen molar-refractivity contribution < 1.29 is 37.3 Å². The van der Waals surface area contributed by atoms with Gasteiger partial charge >= 0.3 is 5.97 Å². The zero-order chi connectivity index (χ0) is 52.6. The third-order valence-corrected chi connectivity index (χ3v) is 15.9. The molecule has 432 valence electrons. The molecule has 0 spiro atoms. The van der Waals surface area contributed by atoms with Gasteiger partial charge in [-0.05, 0) is 12.8 Å². The quantitative estimate of drug-likeness (QED) is 0.0259. The summed E-state index contributed by atoms with van der Waals surface area (Å²) in [5, 5.41) is 0. The van der Waals surface area contributed by atoms with Gasteiger partial charge in [-0.3, -0.25) is 9.36 Å². The number of carbonyl (C=O) groups excluding carboxylic acids is 1. The fraction of sp³-hybridized carbons (Fsp3) is 0.984. The van der Waals surface area contributed by atoms with E-state index < -0.39 is 13.9 Å². The van der Waals surface area contributed by atoms with Crippen molar-refractivity contribution in [1.82, 2.24) is 0 Å². The maximum Gasteiger partial charge on any atom is 0.306 e. The van der Waals surface area contributed by atoms with Gasteiger partial charge in [-0.25, -0.2) is 0 Å². The van der Waals surface area contributed by atoms with Gasteiger partial charge in [0.25, 0.3) is 7.82 Å². The first-order valence-corrected chi connectivity index (χ1v) is 33.7. The molecule has 0 amide bonds. The summed E-state index contributed by atoms with van der Waals surface area (Å²) < 4.78 is 34.9. The number of ether oxygens (including phenoxy) is 2. The van der Waals surface area contributed by atoms with Gasteiger partial charge in [-0.1, -0.05) is 322 Å². The van der Waals surface area contributed by atoms with Crippen molar-refractivity contribution in [2.75, 3.05) is 54.1 Å². The summed E-state index contributed by atoms with van der Waals surface area (Å²) in [4.78, 5) is 25.3. The van der Waals surface area contributed by atoms with Gasteiger partial charge in [0.05, 0.1) is 34.4 Å². The number of hydrogen-bond donors (Lipinski definition) is 0. The standard InChI is InChI=1S/C63H128NO7P/c1-6-8-10-12-14-16-18-20-22-24-26-28-29-30-31-32-33-34-35-36-37-38-40-42-44-46-48-50-52-54-56-63(65)71-62(61-70-72(66,67)69-59-57-64(3,4)5)60-68-58-55-53-51-49-47-45-43-41-39-27-25-23-21-19-17-15-13-11-9-7-2/h62H,6-61H2,1-5H3/t62-/m1/s1. The Kier molecular flexibility index (Phi) is 56.3. The highest BCUT2D eigenvalue weighted by molar-refractivity contribution is 7.45. The fourth-order valence-electron chi connectivity index (χ4n) is 9.97. The number of quaternary nitrogens is 1. The molecule has 0 N–H and O–H groups in total. The largest absolute Gasteiger partial charge is 0.756 e. The summed E-state index contributed by atoms with van der Waals surface area (Å²) in [6.45, 7) is 5.52. The summed E-state index contributed by atoms with van der Waals surface area (Å²) in [7, 11) is 1.39. The second-order valence-corrected chi connectivity index (χ2v) is 24.9. The molecule has 0 radical (unpaired) electrons. The molecule has 0 aromatic heterocycles. The Balaban J connectivity index is 3.91. The van der Waals surface area contributed by atoms with Crippen molar-refractivity contribution in [3.63, 3.8) is 0 Å². The number of carbonyl (C=O) groups is 1. The summed E-state index contributed by atoms with van der Waals surface area (Å²) in [6.07, 6.45) is 67.5. The SMILES string of the molecule is CCCCCCCCCCCCCCCCCCCCCCCCCCCCCCCCC(=O)O[C@H](COCCCCCCCCCCCCCCCCCCCCCC)COP(=O)([O-])OCC[N+](C)(C)C. The Morgan fingerprint density at radius 1 is 0.375 bits per heavy atom. The third-order valence-electron chi connectivity index (χ3n) is 14.9. The topological polar surface area (TPSA) is 94.1 Å². The summed E-state index contributed by atoms with van der Waals surface area (Å²) >= 11 is 0. The average molecular weight is 1040 g/mol. The van der Waals surface area contributed by atoms with E-state index in [-0.39, 0.29) is 25.8 Å². The Morgan fingerprint density at radius 2 is 0.639 bits per heavy atom. The minimum Gasteiger partial charge on any atom is -0.756 e. The first kappa shape index (κ1) is 71.5. The van der Waals surface area contributed by atoms with E-state index in [1.165, 1.54) is 289 Å².